The number of hydrogen-bond donors (Lipinski definition) is 1. The predicted octanol–water partition coefficient (Wildman–Crippen LogP) is 2.74. The van der Waals surface area contributed by atoms with Gasteiger partial charge in [-0.1, -0.05) is 48.5 Å². The smallest absolute Gasteiger partial charge is 0.217 e. The van der Waals surface area contributed by atoms with Crippen LogP contribution in [0.3, 0.4) is 0 Å². The van der Waals surface area contributed by atoms with E-state index in [0.29, 0.717) is 18.9 Å². The van der Waals surface area contributed by atoms with E-state index >= 15 is 0 Å². The number of aliphatic hydroxyl groups excluding tert-OH is 1. The minimum Gasteiger partial charge on any atom is -0.474 e. The van der Waals surface area contributed by atoms with Crippen LogP contribution >= 0.6 is 0 Å². The summed E-state index contributed by atoms with van der Waals surface area (Å²) in [6.07, 6.45) is 0.563. The van der Waals surface area contributed by atoms with Gasteiger partial charge in [0.05, 0.1) is 0 Å². The van der Waals surface area contributed by atoms with Crippen molar-refractivity contribution in [2.24, 2.45) is 4.99 Å². The molecule has 1 N–H and O–H groups in total. The maximum Gasteiger partial charge on any atom is 0.217 e. The topological polar surface area (TPSA) is 41.8 Å². The highest BCUT2D eigenvalue weighted by Gasteiger charge is 2.38. The maximum absolute atomic E-state index is 9.39. The van der Waals surface area contributed by atoms with Gasteiger partial charge in [-0.3, -0.25) is 0 Å². The van der Waals surface area contributed by atoms with Crippen LogP contribution in [-0.2, 0) is 10.3 Å². The van der Waals surface area contributed by atoms with Gasteiger partial charge in [-0.15, -0.1) is 0 Å². The van der Waals surface area contributed by atoms with Gasteiger partial charge in [0.2, 0.25) is 5.90 Å². The zero-order valence-electron chi connectivity index (χ0n) is 11.2. The quantitative estimate of drug-likeness (QED) is 0.925. The molecule has 1 atom stereocenters. The number of hydrogen-bond acceptors (Lipinski definition) is 3. The Morgan fingerprint density at radius 2 is 1.65 bits per heavy atom. The van der Waals surface area contributed by atoms with Crippen molar-refractivity contribution < 1.29 is 9.84 Å². The van der Waals surface area contributed by atoms with E-state index in [1.807, 2.05) is 60.7 Å². The van der Waals surface area contributed by atoms with Crippen LogP contribution in [0.5, 0.6) is 0 Å². The highest BCUT2D eigenvalue weighted by atomic mass is 16.5. The first kappa shape index (κ1) is 12.9. The average molecular weight is 267 g/mol. The second-order valence-corrected chi connectivity index (χ2v) is 4.94. The normalized spacial score (nSPS) is 21.4. The molecule has 0 aromatic heterocycles. The number of benzene rings is 2. The van der Waals surface area contributed by atoms with Crippen LogP contribution in [0.4, 0.5) is 0 Å². The number of aliphatic hydroxyl groups is 1. The Morgan fingerprint density at radius 3 is 2.30 bits per heavy atom. The summed E-state index contributed by atoms with van der Waals surface area (Å²) in [4.78, 5) is 4.78. The highest BCUT2D eigenvalue weighted by Crippen LogP contribution is 2.35. The molecule has 0 radical (unpaired) electrons. The average Bonchev–Trinajstić information content (AvgIpc) is 2.95. The van der Waals surface area contributed by atoms with E-state index in [1.54, 1.807) is 0 Å². The van der Waals surface area contributed by atoms with E-state index in [1.165, 1.54) is 0 Å². The predicted molar refractivity (Wildman–Crippen MR) is 78.8 cm³/mol. The fraction of sp³-hybridized carbons (Fsp3) is 0.235. The van der Waals surface area contributed by atoms with Crippen molar-refractivity contribution in [1.82, 2.24) is 0 Å². The maximum atomic E-state index is 9.39. The molecule has 0 fully saturated rings. The molecule has 3 heteroatoms. The summed E-state index contributed by atoms with van der Waals surface area (Å²) in [6.45, 7) is 0.561. The largest absolute Gasteiger partial charge is 0.474 e. The molecule has 2 aromatic rings. The van der Waals surface area contributed by atoms with Crippen LogP contribution in [-0.4, -0.2) is 24.2 Å². The van der Waals surface area contributed by atoms with Crippen molar-refractivity contribution >= 4 is 5.90 Å². The summed E-state index contributed by atoms with van der Waals surface area (Å²) in [6, 6.07) is 19.9. The first-order valence-electron chi connectivity index (χ1n) is 6.78. The Morgan fingerprint density at radius 1 is 1.00 bits per heavy atom. The Kier molecular flexibility index (Phi) is 3.52. The van der Waals surface area contributed by atoms with Gasteiger partial charge in [0.15, 0.2) is 0 Å². The van der Waals surface area contributed by atoms with Gasteiger partial charge in [-0.25, -0.2) is 4.99 Å². The molecule has 1 unspecified atom stereocenters. The van der Waals surface area contributed by atoms with Gasteiger partial charge in [0.25, 0.3) is 0 Å². The Hall–Kier alpha value is -2.13. The zero-order valence-corrected chi connectivity index (χ0v) is 11.2. The SMILES string of the molecule is OCCC1(c2ccccc2)COC(c2ccccc2)=N1. The standard InChI is InChI=1S/C17H17NO2/c19-12-11-17(15-9-5-2-6-10-15)13-20-16(18-17)14-7-3-1-4-8-14/h1-10,19H,11-13H2. The molecule has 1 aliphatic heterocycles. The molecule has 2 aromatic carbocycles. The van der Waals surface area contributed by atoms with Gasteiger partial charge < -0.3 is 9.84 Å². The van der Waals surface area contributed by atoms with Crippen molar-refractivity contribution in [3.05, 3.63) is 71.8 Å². The molecule has 0 amide bonds. The van der Waals surface area contributed by atoms with Crippen molar-refractivity contribution in [3.8, 4) is 0 Å². The minimum atomic E-state index is -0.471. The third-order valence-corrected chi connectivity index (χ3v) is 3.62. The second kappa shape index (κ2) is 5.47. The molecular weight excluding hydrogens is 250 g/mol. The van der Waals surface area contributed by atoms with Crippen molar-refractivity contribution in [2.45, 2.75) is 12.0 Å². The van der Waals surface area contributed by atoms with Crippen LogP contribution in [0.25, 0.3) is 0 Å². The van der Waals surface area contributed by atoms with Crippen molar-refractivity contribution in [2.75, 3.05) is 13.2 Å². The number of nitrogens with zero attached hydrogens (tertiary/aromatic N) is 1. The molecule has 102 valence electrons. The monoisotopic (exact) mass is 267 g/mol. The number of aliphatic imine (C=N–C) groups is 1. The Balaban J connectivity index is 2.00. The van der Waals surface area contributed by atoms with Gasteiger partial charge in [-0.2, -0.15) is 0 Å². The summed E-state index contributed by atoms with van der Waals surface area (Å²) >= 11 is 0. The van der Waals surface area contributed by atoms with Crippen LogP contribution in [0.2, 0.25) is 0 Å². The lowest BCUT2D eigenvalue weighted by atomic mass is 9.89. The third kappa shape index (κ3) is 2.32. The molecule has 0 saturated carbocycles. The van der Waals surface area contributed by atoms with Crippen LogP contribution in [0.1, 0.15) is 17.5 Å². The van der Waals surface area contributed by atoms with Gasteiger partial charge in [-0.05, 0) is 17.7 Å². The molecule has 0 bridgehead atoms. The van der Waals surface area contributed by atoms with Crippen LogP contribution in [0, 0.1) is 0 Å². The zero-order chi connectivity index (χ0) is 13.8. The molecule has 3 rings (SSSR count). The fourth-order valence-electron chi connectivity index (χ4n) is 2.53. The fourth-order valence-corrected chi connectivity index (χ4v) is 2.53. The van der Waals surface area contributed by atoms with E-state index in [4.69, 9.17) is 9.73 Å². The van der Waals surface area contributed by atoms with Crippen molar-refractivity contribution in [3.63, 3.8) is 0 Å². The molecule has 1 heterocycles. The summed E-state index contributed by atoms with van der Waals surface area (Å²) < 4.78 is 5.80. The van der Waals surface area contributed by atoms with Crippen LogP contribution in [0.15, 0.2) is 65.7 Å². The lowest BCUT2D eigenvalue weighted by Gasteiger charge is -2.23. The van der Waals surface area contributed by atoms with E-state index in [-0.39, 0.29) is 6.61 Å². The summed E-state index contributed by atoms with van der Waals surface area (Å²) in [7, 11) is 0. The van der Waals surface area contributed by atoms with E-state index in [2.05, 4.69) is 0 Å². The lowest BCUT2D eigenvalue weighted by molar-refractivity contribution is 0.196. The molecule has 1 aliphatic rings. The first-order chi connectivity index (χ1) is 9.84. The molecule has 0 spiro atoms. The lowest BCUT2D eigenvalue weighted by Crippen LogP contribution is -2.26. The van der Waals surface area contributed by atoms with Gasteiger partial charge in [0.1, 0.15) is 12.1 Å². The summed E-state index contributed by atoms with van der Waals surface area (Å²) in [5, 5.41) is 9.39. The highest BCUT2D eigenvalue weighted by molar-refractivity contribution is 5.95. The van der Waals surface area contributed by atoms with Crippen molar-refractivity contribution in [1.29, 1.82) is 0 Å². The molecule has 3 nitrogen and oxygen atoms in total. The molecular formula is C17H17NO2. The number of rotatable bonds is 4. The minimum absolute atomic E-state index is 0.0871. The molecule has 0 aliphatic carbocycles. The third-order valence-electron chi connectivity index (χ3n) is 3.62. The van der Waals surface area contributed by atoms with E-state index in [9.17, 15) is 5.11 Å². The Labute approximate surface area is 118 Å². The van der Waals surface area contributed by atoms with E-state index < -0.39 is 5.54 Å². The van der Waals surface area contributed by atoms with Gasteiger partial charge >= 0.3 is 0 Å². The summed E-state index contributed by atoms with van der Waals surface area (Å²) in [5.74, 6) is 0.655. The number of ether oxygens (including phenoxy) is 1. The second-order valence-electron chi connectivity index (χ2n) is 4.94. The summed E-state index contributed by atoms with van der Waals surface area (Å²) in [5.41, 5.74) is 1.59. The van der Waals surface area contributed by atoms with E-state index in [0.717, 1.165) is 11.1 Å². The molecule has 20 heavy (non-hydrogen) atoms. The Bertz CT molecular complexity index is 595. The first-order valence-corrected chi connectivity index (χ1v) is 6.78. The van der Waals surface area contributed by atoms with Gasteiger partial charge in [0, 0.05) is 18.6 Å². The van der Waals surface area contributed by atoms with Crippen LogP contribution < -0.4 is 0 Å². The molecule has 0 saturated heterocycles.